The normalized spacial score (nSPS) is 15.7. The summed E-state index contributed by atoms with van der Waals surface area (Å²) in [5.41, 5.74) is 26.6. The highest BCUT2D eigenvalue weighted by Gasteiger charge is 2.53. The molecular formula is C111H67N6O3P. The Bertz CT molecular complexity index is 8500. The Balaban J connectivity index is 0.583. The molecule has 121 heavy (non-hydrogen) atoms. The molecule has 0 radical (unpaired) electrons. The number of imidazole rings is 1. The quantitative estimate of drug-likeness (QED) is 0.142. The van der Waals surface area contributed by atoms with Crippen LogP contribution in [-0.2, 0) is 15.4 Å². The third-order valence-electron chi connectivity index (χ3n) is 26.9. The van der Waals surface area contributed by atoms with Gasteiger partial charge in [-0.25, -0.2) is 4.98 Å². The van der Waals surface area contributed by atoms with Crippen LogP contribution < -0.4 is 25.4 Å². The molecule has 18 aromatic carbocycles. The second-order valence-electron chi connectivity index (χ2n) is 32.6. The average Bonchev–Trinajstić information content (AvgIpc) is 1.62. The first kappa shape index (κ1) is 66.6. The maximum Gasteiger partial charge on any atom is 0.171 e. The van der Waals surface area contributed by atoms with Crippen molar-refractivity contribution in [1.82, 2.24) is 27.8 Å². The molecule has 23 aromatic rings. The number of aromatic nitrogens is 6. The molecule has 3 unspecified atom stereocenters. The highest BCUT2D eigenvalue weighted by molar-refractivity contribution is 7.85. The first-order valence-electron chi connectivity index (χ1n) is 41.4. The van der Waals surface area contributed by atoms with E-state index in [9.17, 15) is 0 Å². The molecule has 0 aliphatic carbocycles. The zero-order chi connectivity index (χ0) is 79.1. The van der Waals surface area contributed by atoms with E-state index in [1.807, 2.05) is 30.3 Å². The fourth-order valence-corrected chi connectivity index (χ4v) is 24.6. The van der Waals surface area contributed by atoms with Gasteiger partial charge in [0.1, 0.15) is 17.3 Å². The molecule has 564 valence electrons. The van der Waals surface area contributed by atoms with Crippen molar-refractivity contribution in [3.05, 3.63) is 451 Å². The summed E-state index contributed by atoms with van der Waals surface area (Å²) in [6.07, 6.45) is 0. The fourth-order valence-electron chi connectivity index (χ4n) is 22.0. The Morgan fingerprint density at radius 3 is 1.17 bits per heavy atom. The summed E-state index contributed by atoms with van der Waals surface area (Å²) in [5.74, 6) is 4.14. The smallest absolute Gasteiger partial charge is 0.171 e. The lowest BCUT2D eigenvalue weighted by atomic mass is 9.61. The van der Waals surface area contributed by atoms with Crippen molar-refractivity contribution in [3.8, 4) is 73.9 Å². The van der Waals surface area contributed by atoms with E-state index in [4.69, 9.17) is 14.5 Å². The lowest BCUT2D eigenvalue weighted by Crippen LogP contribution is -2.37. The lowest BCUT2D eigenvalue weighted by molar-refractivity contribution is 0.437. The standard InChI is InChI=1S/C111H67N6O3P/c118-121(74-27-5-2-6-28-74,76-60-56-73(57-61-76)114-95-42-16-8-31-79(95)84-64-65-91-108(106(84)114)120-101-47-21-12-36-87(101)110(91)85-34-10-18-44-97(85)116-96-43-17-9-29-77(96)81-32-23-38-89(110)103(81)116)75-58-51-68(52-59-75)70-53-62-80-82-33-24-39-90-104(82)117(100(80)67-70)98-45-19-11-35-86(98)111(90)88-37-13-22-48-102(88)119-107-92(111)66-63-83-78-30-7-15-41-94(78)113(105(83)107)72-54-49-69(50-55-72)109-112-93-40-14-20-46-99(93)115(109)71-25-3-1-4-26-71/h1-67H. The Hall–Kier alpha value is -15.5. The SMILES string of the molecule is O=P(c1ccccc1)(c1ccc(-c2ccc3c4cccc5c4n(c3c2)-c2ccccc2C52c3ccccc3Oc3c2ccc2c4ccccc4n(-c4ccc(-c5nc6ccccc6n5-c5ccccc5)cc4)c32)cc1)c1ccc(-n2c3ccccc3c3ccc4c(c32)Oc2ccccc2C42c3ccccc3-n3c4ccccc4c4cccc2c43)cc1. The number of para-hydroxylation sites is 12. The van der Waals surface area contributed by atoms with Gasteiger partial charge in [0.25, 0.3) is 0 Å². The first-order valence-corrected chi connectivity index (χ1v) is 43.1. The van der Waals surface area contributed by atoms with E-state index in [-0.39, 0.29) is 0 Å². The third kappa shape index (κ3) is 8.68. The second kappa shape index (κ2) is 24.5. The first-order chi connectivity index (χ1) is 59.9. The van der Waals surface area contributed by atoms with E-state index in [0.29, 0.717) is 0 Å². The van der Waals surface area contributed by atoms with Gasteiger partial charge in [0.05, 0.1) is 77.4 Å². The summed E-state index contributed by atoms with van der Waals surface area (Å²) in [7, 11) is -3.54. The molecule has 0 saturated carbocycles. The van der Waals surface area contributed by atoms with Crippen molar-refractivity contribution in [2.75, 3.05) is 0 Å². The fraction of sp³-hybridized carbons (Fsp3) is 0.0180. The molecule has 0 fully saturated rings. The monoisotopic (exact) mass is 1560 g/mol. The van der Waals surface area contributed by atoms with Crippen LogP contribution in [0.3, 0.4) is 0 Å². The zero-order valence-electron chi connectivity index (χ0n) is 65.0. The average molecular weight is 1560 g/mol. The van der Waals surface area contributed by atoms with Gasteiger partial charge in [-0.3, -0.25) is 4.57 Å². The van der Waals surface area contributed by atoms with Gasteiger partial charge in [0.15, 0.2) is 18.6 Å². The van der Waals surface area contributed by atoms with Gasteiger partial charge in [-0.05, 0) is 155 Å². The summed E-state index contributed by atoms with van der Waals surface area (Å²) >= 11 is 0. The van der Waals surface area contributed by atoms with Crippen molar-refractivity contribution in [2.45, 2.75) is 10.8 Å². The molecule has 4 aliphatic rings. The number of fused-ring (bicyclic) bond motifs is 31. The third-order valence-corrected chi connectivity index (χ3v) is 30.0. The predicted molar refractivity (Wildman–Crippen MR) is 493 cm³/mol. The maximum absolute atomic E-state index is 17.0. The van der Waals surface area contributed by atoms with Gasteiger partial charge in [-0.2, -0.15) is 0 Å². The van der Waals surface area contributed by atoms with Crippen molar-refractivity contribution < 1.29 is 14.0 Å². The molecule has 3 atom stereocenters. The van der Waals surface area contributed by atoms with Crippen LogP contribution in [0.4, 0.5) is 0 Å². The van der Waals surface area contributed by atoms with Crippen LogP contribution in [0.15, 0.2) is 406 Å². The molecule has 0 amide bonds. The summed E-state index contributed by atoms with van der Waals surface area (Å²) in [5, 5.41) is 11.5. The highest BCUT2D eigenvalue weighted by Crippen LogP contribution is 2.65. The molecule has 4 aliphatic heterocycles. The molecule has 27 rings (SSSR count). The largest absolute Gasteiger partial charge is 0.454 e. The van der Waals surface area contributed by atoms with E-state index < -0.39 is 18.0 Å². The van der Waals surface area contributed by atoms with Gasteiger partial charge >= 0.3 is 0 Å². The minimum absolute atomic E-state index is 0.738. The van der Waals surface area contributed by atoms with Crippen LogP contribution in [0, 0.1) is 0 Å². The lowest BCUT2D eigenvalue weighted by Gasteiger charge is -2.45. The minimum atomic E-state index is -3.54. The molecule has 0 N–H and O–H groups in total. The van der Waals surface area contributed by atoms with Crippen molar-refractivity contribution >= 4 is 121 Å². The topological polar surface area (TPSA) is 73.1 Å². The molecule has 0 bridgehead atoms. The van der Waals surface area contributed by atoms with E-state index in [0.717, 1.165) is 189 Å². The Morgan fingerprint density at radius 1 is 0.240 bits per heavy atom. The zero-order valence-corrected chi connectivity index (χ0v) is 65.9. The van der Waals surface area contributed by atoms with Crippen LogP contribution in [0.2, 0.25) is 0 Å². The molecule has 9 heterocycles. The minimum Gasteiger partial charge on any atom is -0.454 e. The van der Waals surface area contributed by atoms with Gasteiger partial charge in [-0.15, -0.1) is 0 Å². The number of hydrogen-bond acceptors (Lipinski definition) is 4. The Labute approximate surface area is 694 Å². The number of rotatable bonds is 8. The van der Waals surface area contributed by atoms with Gasteiger partial charge in [-0.1, -0.05) is 285 Å². The number of nitrogens with zero attached hydrogens (tertiary/aromatic N) is 6. The van der Waals surface area contributed by atoms with Crippen LogP contribution in [-0.4, -0.2) is 27.8 Å². The van der Waals surface area contributed by atoms with Crippen LogP contribution >= 0.6 is 7.14 Å². The van der Waals surface area contributed by atoms with E-state index >= 15 is 4.57 Å². The summed E-state index contributed by atoms with van der Waals surface area (Å²) in [6, 6.07) is 146. The van der Waals surface area contributed by atoms with Crippen LogP contribution in [0.25, 0.3) is 149 Å². The second-order valence-corrected chi connectivity index (χ2v) is 35.4. The van der Waals surface area contributed by atoms with Crippen LogP contribution in [0.5, 0.6) is 23.0 Å². The molecular weight excluding hydrogens is 1500 g/mol. The molecule has 0 saturated heterocycles. The number of hydrogen-bond donors (Lipinski definition) is 0. The van der Waals surface area contributed by atoms with Gasteiger partial charge in [0.2, 0.25) is 0 Å². The molecule has 2 spiro atoms. The summed E-state index contributed by atoms with van der Waals surface area (Å²) in [6.45, 7) is 0. The van der Waals surface area contributed by atoms with E-state index in [1.54, 1.807) is 0 Å². The summed E-state index contributed by atoms with van der Waals surface area (Å²) in [4.78, 5) is 5.26. The van der Waals surface area contributed by atoms with Crippen molar-refractivity contribution in [3.63, 3.8) is 0 Å². The number of benzene rings is 18. The molecule has 10 heteroatoms. The van der Waals surface area contributed by atoms with Gasteiger partial charge < -0.3 is 32.3 Å². The maximum atomic E-state index is 17.0. The van der Waals surface area contributed by atoms with Crippen molar-refractivity contribution in [1.29, 1.82) is 0 Å². The Morgan fingerprint density at radius 2 is 0.612 bits per heavy atom. The highest BCUT2D eigenvalue weighted by atomic mass is 31.2. The van der Waals surface area contributed by atoms with Gasteiger partial charge in [0, 0.05) is 104 Å². The molecule has 5 aromatic heterocycles. The number of ether oxygens (including phenoxy) is 2. The van der Waals surface area contributed by atoms with E-state index in [2.05, 4.69) is 399 Å². The Kier molecular flexibility index (Phi) is 13.5. The predicted octanol–water partition coefficient (Wildman–Crippen LogP) is 26.0. The molecule has 9 nitrogen and oxygen atoms in total. The van der Waals surface area contributed by atoms with E-state index in [1.165, 1.54) is 43.9 Å². The summed E-state index contributed by atoms with van der Waals surface area (Å²) < 4.78 is 44.0. The van der Waals surface area contributed by atoms with Crippen molar-refractivity contribution in [2.24, 2.45) is 0 Å². The van der Waals surface area contributed by atoms with Crippen LogP contribution in [0.1, 0.15) is 44.5 Å².